The van der Waals surface area contributed by atoms with Crippen molar-refractivity contribution in [3.8, 4) is 0 Å². The molecule has 1 aromatic carbocycles. The molecule has 2 heterocycles. The monoisotopic (exact) mass is 402 g/mol. The molecule has 2 aliphatic rings. The predicted octanol–water partition coefficient (Wildman–Crippen LogP) is 3.47. The first-order valence-electron chi connectivity index (χ1n) is 9.62. The molecule has 2 amide bonds. The van der Waals surface area contributed by atoms with Crippen LogP contribution in [0.3, 0.4) is 0 Å². The van der Waals surface area contributed by atoms with Crippen LogP contribution in [0.25, 0.3) is 0 Å². The second-order valence-electron chi connectivity index (χ2n) is 7.88. The third-order valence-corrected chi connectivity index (χ3v) is 5.48. The van der Waals surface area contributed by atoms with E-state index in [1.807, 2.05) is 19.9 Å². The van der Waals surface area contributed by atoms with Gasteiger partial charge in [-0.05, 0) is 37.0 Å². The highest BCUT2D eigenvalue weighted by Crippen LogP contribution is 2.39. The van der Waals surface area contributed by atoms with Gasteiger partial charge in [0, 0.05) is 29.6 Å². The van der Waals surface area contributed by atoms with Gasteiger partial charge < -0.3 is 14.7 Å². The molecule has 2 fully saturated rings. The van der Waals surface area contributed by atoms with E-state index in [-0.39, 0.29) is 30.2 Å². The molecule has 1 aliphatic carbocycles. The number of amides is 2. The van der Waals surface area contributed by atoms with E-state index in [0.29, 0.717) is 29.1 Å². The van der Waals surface area contributed by atoms with Crippen LogP contribution < -0.4 is 10.2 Å². The molecular weight excluding hydrogens is 380 g/mol. The smallest absolute Gasteiger partial charge is 0.249 e. The standard InChI is InChI=1S/C20H23ClN4O3/c1-11(2)17(20-23-18(24-28-20)12-6-7-12)22-19(27)13-8-16(26)25(10-13)15-5-3-4-14(21)9-15/h3-5,9,11-13,17H,6-8,10H2,1-2H3,(H,22,27). The van der Waals surface area contributed by atoms with E-state index in [0.717, 1.165) is 18.7 Å². The molecule has 2 unspecified atom stereocenters. The fraction of sp³-hybridized carbons (Fsp3) is 0.500. The lowest BCUT2D eigenvalue weighted by molar-refractivity contribution is -0.127. The fourth-order valence-corrected chi connectivity index (χ4v) is 3.63. The van der Waals surface area contributed by atoms with Crippen LogP contribution in [0.15, 0.2) is 28.8 Å². The minimum Gasteiger partial charge on any atom is -0.344 e. The Labute approximate surface area is 168 Å². The number of anilines is 1. The Morgan fingerprint density at radius 1 is 1.36 bits per heavy atom. The zero-order valence-corrected chi connectivity index (χ0v) is 16.6. The molecular formula is C20H23ClN4O3. The van der Waals surface area contributed by atoms with Crippen LogP contribution in [0.2, 0.25) is 5.02 Å². The number of nitrogens with zero attached hydrogens (tertiary/aromatic N) is 3. The van der Waals surface area contributed by atoms with E-state index in [2.05, 4.69) is 15.5 Å². The fourth-order valence-electron chi connectivity index (χ4n) is 3.44. The Hall–Kier alpha value is -2.41. The van der Waals surface area contributed by atoms with Crippen molar-refractivity contribution in [2.75, 3.05) is 11.4 Å². The number of nitrogens with one attached hydrogen (secondary N) is 1. The van der Waals surface area contributed by atoms with Gasteiger partial charge in [0.1, 0.15) is 6.04 Å². The molecule has 1 aromatic heterocycles. The first kappa shape index (κ1) is 18.9. The van der Waals surface area contributed by atoms with Gasteiger partial charge in [-0.25, -0.2) is 0 Å². The Bertz CT molecular complexity index is 893. The minimum atomic E-state index is -0.432. The van der Waals surface area contributed by atoms with Gasteiger partial charge in [0.25, 0.3) is 0 Å². The van der Waals surface area contributed by atoms with Crippen LogP contribution >= 0.6 is 11.6 Å². The van der Waals surface area contributed by atoms with Crippen LogP contribution in [-0.2, 0) is 9.59 Å². The molecule has 1 saturated carbocycles. The van der Waals surface area contributed by atoms with Crippen LogP contribution in [-0.4, -0.2) is 28.5 Å². The first-order valence-corrected chi connectivity index (χ1v) is 10.00. The first-order chi connectivity index (χ1) is 13.4. The van der Waals surface area contributed by atoms with E-state index in [9.17, 15) is 9.59 Å². The second-order valence-corrected chi connectivity index (χ2v) is 8.32. The predicted molar refractivity (Wildman–Crippen MR) is 104 cm³/mol. The van der Waals surface area contributed by atoms with Crippen molar-refractivity contribution in [3.05, 3.63) is 41.0 Å². The second kappa shape index (κ2) is 7.54. The number of benzene rings is 1. The third-order valence-electron chi connectivity index (χ3n) is 5.25. The summed E-state index contributed by atoms with van der Waals surface area (Å²) < 4.78 is 5.41. The largest absolute Gasteiger partial charge is 0.344 e. The molecule has 0 bridgehead atoms. The van der Waals surface area contributed by atoms with Crippen LogP contribution in [0.4, 0.5) is 5.69 Å². The van der Waals surface area contributed by atoms with Crippen molar-refractivity contribution >= 4 is 29.1 Å². The number of carbonyl (C=O) groups excluding carboxylic acids is 2. The Morgan fingerprint density at radius 2 is 2.14 bits per heavy atom. The maximum absolute atomic E-state index is 12.9. The van der Waals surface area contributed by atoms with E-state index in [1.54, 1.807) is 23.1 Å². The molecule has 28 heavy (non-hydrogen) atoms. The normalized spacial score (nSPS) is 20.6. The van der Waals surface area contributed by atoms with Crippen molar-refractivity contribution in [2.24, 2.45) is 11.8 Å². The van der Waals surface area contributed by atoms with Crippen molar-refractivity contribution in [1.82, 2.24) is 15.5 Å². The molecule has 148 valence electrons. The highest BCUT2D eigenvalue weighted by molar-refractivity contribution is 6.31. The Morgan fingerprint density at radius 3 is 2.82 bits per heavy atom. The van der Waals surface area contributed by atoms with Gasteiger partial charge in [0.05, 0.1) is 5.92 Å². The number of rotatable bonds is 6. The summed E-state index contributed by atoms with van der Waals surface area (Å²) >= 11 is 6.03. The van der Waals surface area contributed by atoms with E-state index < -0.39 is 5.92 Å². The van der Waals surface area contributed by atoms with Gasteiger partial charge >= 0.3 is 0 Å². The van der Waals surface area contributed by atoms with Gasteiger partial charge in [-0.2, -0.15) is 4.98 Å². The Balaban J connectivity index is 1.45. The van der Waals surface area contributed by atoms with Crippen molar-refractivity contribution in [2.45, 2.75) is 45.1 Å². The zero-order chi connectivity index (χ0) is 19.8. The molecule has 7 nitrogen and oxygen atoms in total. The maximum Gasteiger partial charge on any atom is 0.249 e. The molecule has 1 aliphatic heterocycles. The number of aromatic nitrogens is 2. The van der Waals surface area contributed by atoms with Crippen molar-refractivity contribution in [3.63, 3.8) is 0 Å². The topological polar surface area (TPSA) is 88.3 Å². The summed E-state index contributed by atoms with van der Waals surface area (Å²) in [7, 11) is 0. The number of hydrogen-bond donors (Lipinski definition) is 1. The van der Waals surface area contributed by atoms with Gasteiger partial charge in [0.15, 0.2) is 5.82 Å². The van der Waals surface area contributed by atoms with Gasteiger partial charge in [-0.3, -0.25) is 9.59 Å². The van der Waals surface area contributed by atoms with Crippen LogP contribution in [0, 0.1) is 11.8 Å². The molecule has 0 spiro atoms. The maximum atomic E-state index is 12.9. The minimum absolute atomic E-state index is 0.0811. The summed E-state index contributed by atoms with van der Waals surface area (Å²) in [6.07, 6.45) is 2.34. The van der Waals surface area contributed by atoms with Crippen molar-refractivity contribution in [1.29, 1.82) is 0 Å². The third kappa shape index (κ3) is 3.90. The van der Waals surface area contributed by atoms with Gasteiger partial charge in [-0.15, -0.1) is 0 Å². The SMILES string of the molecule is CC(C)C(NC(=O)C1CC(=O)N(c2cccc(Cl)c2)C1)c1nc(C2CC2)no1. The number of carbonyl (C=O) groups is 2. The van der Waals surface area contributed by atoms with E-state index >= 15 is 0 Å². The summed E-state index contributed by atoms with van der Waals surface area (Å²) in [5.41, 5.74) is 0.708. The van der Waals surface area contributed by atoms with Gasteiger partial charge in [0.2, 0.25) is 17.7 Å². The highest BCUT2D eigenvalue weighted by atomic mass is 35.5. The lowest BCUT2D eigenvalue weighted by Crippen LogP contribution is -2.37. The van der Waals surface area contributed by atoms with E-state index in [1.165, 1.54) is 0 Å². The molecule has 1 N–H and O–H groups in total. The number of halogens is 1. The van der Waals surface area contributed by atoms with Crippen LogP contribution in [0.1, 0.15) is 56.8 Å². The summed E-state index contributed by atoms with van der Waals surface area (Å²) in [4.78, 5) is 31.4. The quantitative estimate of drug-likeness (QED) is 0.799. The molecule has 0 radical (unpaired) electrons. The highest BCUT2D eigenvalue weighted by Gasteiger charge is 2.37. The Kier molecular flexibility index (Phi) is 5.10. The molecule has 2 atom stereocenters. The molecule has 8 heteroatoms. The lowest BCUT2D eigenvalue weighted by atomic mass is 10.0. The molecule has 1 saturated heterocycles. The molecule has 4 rings (SSSR count). The van der Waals surface area contributed by atoms with Gasteiger partial charge in [-0.1, -0.05) is 36.7 Å². The number of hydrogen-bond acceptors (Lipinski definition) is 5. The average molecular weight is 403 g/mol. The summed E-state index contributed by atoms with van der Waals surface area (Å²) in [5, 5.41) is 7.61. The van der Waals surface area contributed by atoms with Crippen molar-refractivity contribution < 1.29 is 14.1 Å². The average Bonchev–Trinajstić information content (AvgIpc) is 3.26. The van der Waals surface area contributed by atoms with Crippen LogP contribution in [0.5, 0.6) is 0 Å². The lowest BCUT2D eigenvalue weighted by Gasteiger charge is -2.21. The van der Waals surface area contributed by atoms with E-state index in [4.69, 9.17) is 16.1 Å². The zero-order valence-electron chi connectivity index (χ0n) is 15.9. The summed E-state index contributed by atoms with van der Waals surface area (Å²) in [6.45, 7) is 4.31. The molecule has 2 aromatic rings. The summed E-state index contributed by atoms with van der Waals surface area (Å²) in [6, 6.07) is 6.72. The summed E-state index contributed by atoms with van der Waals surface area (Å²) in [5.74, 6) is 0.926.